The molecule has 2 nitrogen and oxygen atoms in total. The second kappa shape index (κ2) is 6.21. The minimum Gasteiger partial charge on any atom is -0.381 e. The van der Waals surface area contributed by atoms with Crippen LogP contribution in [0.4, 0.5) is 10.1 Å². The van der Waals surface area contributed by atoms with Crippen LogP contribution in [0.15, 0.2) is 42.5 Å². The van der Waals surface area contributed by atoms with Gasteiger partial charge in [-0.15, -0.1) is 0 Å². The SMILES string of the molecule is CC(C)c1ccc(CNc2ccc(C#N)c(F)c2)cc1. The monoisotopic (exact) mass is 268 g/mol. The van der Waals surface area contributed by atoms with Crippen LogP contribution in [0.25, 0.3) is 0 Å². The molecule has 102 valence electrons. The van der Waals surface area contributed by atoms with Gasteiger partial charge in [-0.3, -0.25) is 0 Å². The molecule has 0 aliphatic carbocycles. The third-order valence-corrected chi connectivity index (χ3v) is 3.23. The average molecular weight is 268 g/mol. The van der Waals surface area contributed by atoms with Crippen molar-refractivity contribution in [1.82, 2.24) is 0 Å². The van der Waals surface area contributed by atoms with Gasteiger partial charge in [-0.05, 0) is 35.2 Å². The third-order valence-electron chi connectivity index (χ3n) is 3.23. The fourth-order valence-electron chi connectivity index (χ4n) is 1.94. The highest BCUT2D eigenvalue weighted by molar-refractivity contribution is 5.48. The third kappa shape index (κ3) is 3.36. The van der Waals surface area contributed by atoms with E-state index in [9.17, 15) is 4.39 Å². The van der Waals surface area contributed by atoms with E-state index in [2.05, 4.69) is 43.4 Å². The number of hydrogen-bond donors (Lipinski definition) is 1. The lowest BCUT2D eigenvalue weighted by atomic mass is 10.0. The van der Waals surface area contributed by atoms with Crippen LogP contribution in [0, 0.1) is 17.1 Å². The summed E-state index contributed by atoms with van der Waals surface area (Å²) < 4.78 is 13.5. The zero-order valence-electron chi connectivity index (χ0n) is 11.7. The number of anilines is 1. The largest absolute Gasteiger partial charge is 0.381 e. The Hall–Kier alpha value is -2.34. The second-order valence-electron chi connectivity index (χ2n) is 5.06. The van der Waals surface area contributed by atoms with Crippen molar-refractivity contribution in [2.75, 3.05) is 5.32 Å². The highest BCUT2D eigenvalue weighted by Gasteiger charge is 2.03. The van der Waals surface area contributed by atoms with Crippen LogP contribution in [-0.2, 0) is 6.54 Å². The molecular formula is C17H17FN2. The molecule has 0 aromatic heterocycles. The first-order chi connectivity index (χ1) is 9.60. The number of nitrogens with zero attached hydrogens (tertiary/aromatic N) is 1. The van der Waals surface area contributed by atoms with Crippen molar-refractivity contribution >= 4 is 5.69 Å². The van der Waals surface area contributed by atoms with Crippen LogP contribution in [-0.4, -0.2) is 0 Å². The average Bonchev–Trinajstić information content (AvgIpc) is 2.45. The van der Waals surface area contributed by atoms with Crippen LogP contribution in [0.2, 0.25) is 0 Å². The molecule has 0 heterocycles. The van der Waals surface area contributed by atoms with Crippen LogP contribution in [0.1, 0.15) is 36.5 Å². The van der Waals surface area contributed by atoms with Gasteiger partial charge in [-0.25, -0.2) is 4.39 Å². The predicted molar refractivity (Wildman–Crippen MR) is 79.0 cm³/mol. The first-order valence-corrected chi connectivity index (χ1v) is 6.62. The molecular weight excluding hydrogens is 251 g/mol. The zero-order chi connectivity index (χ0) is 14.5. The van der Waals surface area contributed by atoms with Crippen molar-refractivity contribution in [3.8, 4) is 6.07 Å². The van der Waals surface area contributed by atoms with Crippen LogP contribution in [0.3, 0.4) is 0 Å². The Labute approximate surface area is 118 Å². The zero-order valence-corrected chi connectivity index (χ0v) is 11.7. The van der Waals surface area contributed by atoms with E-state index in [0.717, 1.165) is 5.56 Å². The van der Waals surface area contributed by atoms with Gasteiger partial charge >= 0.3 is 0 Å². The highest BCUT2D eigenvalue weighted by atomic mass is 19.1. The second-order valence-corrected chi connectivity index (χ2v) is 5.06. The van der Waals surface area contributed by atoms with Crippen LogP contribution in [0.5, 0.6) is 0 Å². The summed E-state index contributed by atoms with van der Waals surface area (Å²) in [7, 11) is 0. The van der Waals surface area contributed by atoms with Gasteiger partial charge in [0.05, 0.1) is 5.56 Å². The Bertz CT molecular complexity index is 624. The number of nitriles is 1. The number of hydrogen-bond acceptors (Lipinski definition) is 2. The molecule has 0 saturated carbocycles. The predicted octanol–water partition coefficient (Wildman–Crippen LogP) is 4.43. The van der Waals surface area contributed by atoms with Gasteiger partial charge in [0.2, 0.25) is 0 Å². The van der Waals surface area contributed by atoms with Crippen molar-refractivity contribution in [3.63, 3.8) is 0 Å². The first-order valence-electron chi connectivity index (χ1n) is 6.62. The Morgan fingerprint density at radius 2 is 1.85 bits per heavy atom. The highest BCUT2D eigenvalue weighted by Crippen LogP contribution is 2.17. The maximum atomic E-state index is 13.5. The maximum absolute atomic E-state index is 13.5. The van der Waals surface area contributed by atoms with E-state index < -0.39 is 5.82 Å². The summed E-state index contributed by atoms with van der Waals surface area (Å²) in [5.41, 5.74) is 3.18. The topological polar surface area (TPSA) is 35.8 Å². The van der Waals surface area contributed by atoms with E-state index in [1.807, 2.05) is 6.07 Å². The lowest BCUT2D eigenvalue weighted by Gasteiger charge is -2.09. The maximum Gasteiger partial charge on any atom is 0.143 e. The van der Waals surface area contributed by atoms with Gasteiger partial charge in [-0.2, -0.15) is 5.26 Å². The molecule has 2 aromatic rings. The molecule has 0 saturated heterocycles. The summed E-state index contributed by atoms with van der Waals surface area (Å²) in [5.74, 6) is 0.0253. The Morgan fingerprint density at radius 1 is 1.15 bits per heavy atom. The van der Waals surface area contributed by atoms with Gasteiger partial charge in [0.1, 0.15) is 11.9 Å². The Kier molecular flexibility index (Phi) is 4.37. The van der Waals surface area contributed by atoms with Gasteiger partial charge in [0.15, 0.2) is 0 Å². The molecule has 0 aliphatic heterocycles. The number of benzene rings is 2. The van der Waals surface area contributed by atoms with Crippen molar-refractivity contribution in [1.29, 1.82) is 5.26 Å². The van der Waals surface area contributed by atoms with E-state index in [1.54, 1.807) is 6.07 Å². The first kappa shape index (κ1) is 14.1. The van der Waals surface area contributed by atoms with Crippen LogP contribution < -0.4 is 5.32 Å². The van der Waals surface area contributed by atoms with E-state index in [4.69, 9.17) is 5.26 Å². The van der Waals surface area contributed by atoms with Crippen LogP contribution >= 0.6 is 0 Å². The molecule has 0 bridgehead atoms. The standard InChI is InChI=1S/C17H17FN2/c1-12(2)14-5-3-13(4-6-14)11-20-16-8-7-15(10-19)17(18)9-16/h3-9,12,20H,11H2,1-2H3. The molecule has 2 rings (SSSR count). The van der Waals surface area contributed by atoms with Gasteiger partial charge in [-0.1, -0.05) is 38.1 Å². The molecule has 0 unspecified atom stereocenters. The molecule has 20 heavy (non-hydrogen) atoms. The van der Waals surface area contributed by atoms with E-state index in [1.165, 1.54) is 17.7 Å². The van der Waals surface area contributed by atoms with Crippen molar-refractivity contribution < 1.29 is 4.39 Å². The number of nitrogens with one attached hydrogen (secondary N) is 1. The quantitative estimate of drug-likeness (QED) is 0.890. The minimum atomic E-state index is -0.493. The lowest BCUT2D eigenvalue weighted by molar-refractivity contribution is 0.624. The smallest absolute Gasteiger partial charge is 0.143 e. The summed E-state index contributed by atoms with van der Waals surface area (Å²) in [5, 5.41) is 11.8. The summed E-state index contributed by atoms with van der Waals surface area (Å²) in [6, 6.07) is 14.7. The fraction of sp³-hybridized carbons (Fsp3) is 0.235. The summed E-state index contributed by atoms with van der Waals surface area (Å²) in [6.07, 6.45) is 0. The Morgan fingerprint density at radius 3 is 2.40 bits per heavy atom. The molecule has 2 aromatic carbocycles. The van der Waals surface area contributed by atoms with Crippen molar-refractivity contribution in [2.24, 2.45) is 0 Å². The van der Waals surface area contributed by atoms with Gasteiger partial charge in [0.25, 0.3) is 0 Å². The number of halogens is 1. The normalized spacial score (nSPS) is 10.3. The molecule has 0 spiro atoms. The summed E-state index contributed by atoms with van der Waals surface area (Å²) >= 11 is 0. The van der Waals surface area contributed by atoms with Gasteiger partial charge in [0, 0.05) is 12.2 Å². The van der Waals surface area contributed by atoms with Crippen molar-refractivity contribution in [3.05, 3.63) is 65.0 Å². The number of rotatable bonds is 4. The minimum absolute atomic E-state index is 0.0665. The summed E-state index contributed by atoms with van der Waals surface area (Å²) in [6.45, 7) is 4.95. The summed E-state index contributed by atoms with van der Waals surface area (Å²) in [4.78, 5) is 0. The molecule has 1 N–H and O–H groups in total. The molecule has 0 fully saturated rings. The van der Waals surface area contributed by atoms with E-state index >= 15 is 0 Å². The molecule has 0 amide bonds. The fourth-order valence-corrected chi connectivity index (χ4v) is 1.94. The van der Waals surface area contributed by atoms with Gasteiger partial charge < -0.3 is 5.32 Å². The molecule has 0 atom stereocenters. The lowest BCUT2D eigenvalue weighted by Crippen LogP contribution is -2.00. The molecule has 3 heteroatoms. The van der Waals surface area contributed by atoms with E-state index in [-0.39, 0.29) is 5.56 Å². The molecule has 0 radical (unpaired) electrons. The molecule has 0 aliphatic rings. The van der Waals surface area contributed by atoms with Crippen molar-refractivity contribution in [2.45, 2.75) is 26.3 Å². The van der Waals surface area contributed by atoms with E-state index in [0.29, 0.717) is 18.2 Å². The Balaban J connectivity index is 2.02.